The second-order valence-corrected chi connectivity index (χ2v) is 7.68. The highest BCUT2D eigenvalue weighted by Crippen LogP contribution is 2.32. The molecule has 0 aliphatic carbocycles. The van der Waals surface area contributed by atoms with Crippen LogP contribution >= 0.6 is 23.4 Å². The number of esters is 1. The molecule has 7 heteroatoms. The molecule has 3 rings (SSSR count). The molecular formula is C21H22ClN3O2S. The molecule has 28 heavy (non-hydrogen) atoms. The minimum Gasteiger partial charge on any atom is -0.466 e. The maximum Gasteiger partial charge on any atom is 0.305 e. The van der Waals surface area contributed by atoms with Crippen molar-refractivity contribution in [1.29, 1.82) is 0 Å². The third kappa shape index (κ3) is 4.94. The molecule has 0 saturated carbocycles. The van der Waals surface area contributed by atoms with E-state index in [9.17, 15) is 4.79 Å². The molecule has 0 aliphatic rings. The van der Waals surface area contributed by atoms with Crippen molar-refractivity contribution in [3.63, 3.8) is 0 Å². The molecule has 0 N–H and O–H groups in total. The molecule has 0 aliphatic heterocycles. The Hall–Kier alpha value is -2.31. The van der Waals surface area contributed by atoms with E-state index >= 15 is 0 Å². The molecule has 0 atom stereocenters. The highest BCUT2D eigenvalue weighted by Gasteiger charge is 2.18. The predicted molar refractivity (Wildman–Crippen MR) is 113 cm³/mol. The number of aromatic nitrogens is 3. The molecule has 0 radical (unpaired) electrons. The molecule has 0 amide bonds. The van der Waals surface area contributed by atoms with Crippen molar-refractivity contribution in [2.45, 2.75) is 31.8 Å². The van der Waals surface area contributed by atoms with Gasteiger partial charge in [0.2, 0.25) is 0 Å². The zero-order valence-corrected chi connectivity index (χ0v) is 17.5. The first kappa shape index (κ1) is 20.4. The van der Waals surface area contributed by atoms with Crippen molar-refractivity contribution < 1.29 is 9.53 Å². The smallest absolute Gasteiger partial charge is 0.305 e. The van der Waals surface area contributed by atoms with Gasteiger partial charge in [-0.25, -0.2) is 0 Å². The van der Waals surface area contributed by atoms with Gasteiger partial charge in [0.15, 0.2) is 11.0 Å². The average Bonchev–Trinajstić information content (AvgIpc) is 3.10. The SMILES string of the molecule is CCOC(=O)CCCSc1nnc(-c2ccccc2Cl)n1-c1ccc(C)cc1. The first-order valence-corrected chi connectivity index (χ1v) is 10.5. The minimum absolute atomic E-state index is 0.167. The summed E-state index contributed by atoms with van der Waals surface area (Å²) in [6, 6.07) is 15.8. The Morgan fingerprint density at radius 1 is 1.14 bits per heavy atom. The number of thioether (sulfide) groups is 1. The molecule has 3 aromatic rings. The lowest BCUT2D eigenvalue weighted by atomic mass is 10.2. The van der Waals surface area contributed by atoms with Crippen molar-refractivity contribution in [3.05, 3.63) is 59.1 Å². The van der Waals surface area contributed by atoms with Crippen LogP contribution in [-0.4, -0.2) is 33.1 Å². The van der Waals surface area contributed by atoms with E-state index in [0.29, 0.717) is 30.3 Å². The fourth-order valence-corrected chi connectivity index (χ4v) is 3.83. The van der Waals surface area contributed by atoms with E-state index in [2.05, 4.69) is 29.3 Å². The van der Waals surface area contributed by atoms with Crippen LogP contribution in [0.5, 0.6) is 0 Å². The molecule has 0 spiro atoms. The number of aryl methyl sites for hydroxylation is 1. The van der Waals surface area contributed by atoms with Crippen molar-refractivity contribution in [1.82, 2.24) is 14.8 Å². The Kier molecular flexibility index (Phi) is 7.12. The Morgan fingerprint density at radius 3 is 2.61 bits per heavy atom. The van der Waals surface area contributed by atoms with Crippen LogP contribution in [-0.2, 0) is 9.53 Å². The number of rotatable bonds is 8. The number of carbonyl (C=O) groups is 1. The third-order valence-corrected chi connectivity index (χ3v) is 5.45. The van der Waals surface area contributed by atoms with Crippen LogP contribution in [0.15, 0.2) is 53.7 Å². The second-order valence-electron chi connectivity index (χ2n) is 6.21. The Labute approximate surface area is 174 Å². The van der Waals surface area contributed by atoms with Gasteiger partial charge in [0.1, 0.15) is 0 Å². The summed E-state index contributed by atoms with van der Waals surface area (Å²) in [5.74, 6) is 1.27. The van der Waals surface area contributed by atoms with E-state index in [-0.39, 0.29) is 5.97 Å². The molecule has 2 aromatic carbocycles. The first-order chi connectivity index (χ1) is 13.6. The fraction of sp³-hybridized carbons (Fsp3) is 0.286. The fourth-order valence-electron chi connectivity index (χ4n) is 2.72. The van der Waals surface area contributed by atoms with Gasteiger partial charge in [0, 0.05) is 23.4 Å². The van der Waals surface area contributed by atoms with Gasteiger partial charge in [-0.3, -0.25) is 9.36 Å². The number of halogens is 1. The van der Waals surface area contributed by atoms with Crippen LogP contribution in [0.3, 0.4) is 0 Å². The average molecular weight is 416 g/mol. The van der Waals surface area contributed by atoms with Gasteiger partial charge in [0.25, 0.3) is 0 Å². The summed E-state index contributed by atoms with van der Waals surface area (Å²) in [5.41, 5.74) is 2.98. The summed E-state index contributed by atoms with van der Waals surface area (Å²) in [5, 5.41) is 10.2. The van der Waals surface area contributed by atoms with Gasteiger partial charge in [-0.2, -0.15) is 0 Å². The van der Waals surface area contributed by atoms with Crippen molar-refractivity contribution in [2.75, 3.05) is 12.4 Å². The summed E-state index contributed by atoms with van der Waals surface area (Å²) in [4.78, 5) is 11.5. The second kappa shape index (κ2) is 9.75. The summed E-state index contributed by atoms with van der Waals surface area (Å²) in [7, 11) is 0. The first-order valence-electron chi connectivity index (χ1n) is 9.16. The number of ether oxygens (including phenoxy) is 1. The Morgan fingerprint density at radius 2 is 1.89 bits per heavy atom. The van der Waals surface area contributed by atoms with E-state index in [1.165, 1.54) is 5.56 Å². The Balaban J connectivity index is 1.87. The van der Waals surface area contributed by atoms with Crippen molar-refractivity contribution >= 4 is 29.3 Å². The minimum atomic E-state index is -0.167. The lowest BCUT2D eigenvalue weighted by molar-refractivity contribution is -0.143. The lowest BCUT2D eigenvalue weighted by Crippen LogP contribution is -2.04. The van der Waals surface area contributed by atoms with Crippen LogP contribution in [0.2, 0.25) is 5.02 Å². The highest BCUT2D eigenvalue weighted by molar-refractivity contribution is 7.99. The largest absolute Gasteiger partial charge is 0.466 e. The summed E-state index contributed by atoms with van der Waals surface area (Å²) < 4.78 is 6.99. The maximum absolute atomic E-state index is 11.5. The van der Waals surface area contributed by atoms with Crippen LogP contribution in [0.1, 0.15) is 25.3 Å². The highest BCUT2D eigenvalue weighted by atomic mass is 35.5. The number of nitrogens with zero attached hydrogens (tertiary/aromatic N) is 3. The molecule has 0 saturated heterocycles. The van der Waals surface area contributed by atoms with Gasteiger partial charge in [-0.05, 0) is 44.5 Å². The summed E-state index contributed by atoms with van der Waals surface area (Å²) in [6.07, 6.45) is 1.11. The lowest BCUT2D eigenvalue weighted by Gasteiger charge is -2.11. The monoisotopic (exact) mass is 415 g/mol. The topological polar surface area (TPSA) is 57.0 Å². The van der Waals surface area contributed by atoms with Crippen LogP contribution in [0, 0.1) is 6.92 Å². The van der Waals surface area contributed by atoms with Crippen LogP contribution < -0.4 is 0 Å². The zero-order valence-electron chi connectivity index (χ0n) is 15.9. The van der Waals surface area contributed by atoms with Crippen LogP contribution in [0.25, 0.3) is 17.1 Å². The number of benzene rings is 2. The molecular weight excluding hydrogens is 394 g/mol. The summed E-state index contributed by atoms with van der Waals surface area (Å²) >= 11 is 7.97. The van der Waals surface area contributed by atoms with Gasteiger partial charge < -0.3 is 4.74 Å². The molecule has 0 bridgehead atoms. The predicted octanol–water partition coefficient (Wildman–Crippen LogP) is 5.33. The van der Waals surface area contributed by atoms with E-state index in [0.717, 1.165) is 22.2 Å². The molecule has 1 aromatic heterocycles. The van der Waals surface area contributed by atoms with Crippen molar-refractivity contribution in [3.8, 4) is 17.1 Å². The molecule has 0 fully saturated rings. The van der Waals surface area contributed by atoms with Gasteiger partial charge in [-0.15, -0.1) is 10.2 Å². The normalized spacial score (nSPS) is 10.8. The number of hydrogen-bond donors (Lipinski definition) is 0. The number of carbonyl (C=O) groups excluding carboxylic acids is 1. The molecule has 146 valence electrons. The maximum atomic E-state index is 11.5. The van der Waals surface area contributed by atoms with E-state index < -0.39 is 0 Å². The summed E-state index contributed by atoms with van der Waals surface area (Å²) in [6.45, 7) is 4.28. The standard InChI is InChI=1S/C21H22ClN3O2S/c1-3-27-19(26)9-6-14-28-21-24-23-20(17-7-4-5-8-18(17)22)25(21)16-12-10-15(2)11-13-16/h4-5,7-8,10-13H,3,6,9,14H2,1-2H3. The van der Waals surface area contributed by atoms with E-state index in [4.69, 9.17) is 16.3 Å². The molecule has 0 unspecified atom stereocenters. The molecule has 1 heterocycles. The van der Waals surface area contributed by atoms with Gasteiger partial charge >= 0.3 is 5.97 Å². The third-order valence-electron chi connectivity index (χ3n) is 4.10. The van der Waals surface area contributed by atoms with Crippen molar-refractivity contribution in [2.24, 2.45) is 0 Å². The van der Waals surface area contributed by atoms with Crippen LogP contribution in [0.4, 0.5) is 0 Å². The zero-order chi connectivity index (χ0) is 19.9. The number of hydrogen-bond acceptors (Lipinski definition) is 5. The van der Waals surface area contributed by atoms with E-state index in [1.54, 1.807) is 11.8 Å². The van der Waals surface area contributed by atoms with Gasteiger partial charge in [0.05, 0.1) is 11.6 Å². The quantitative estimate of drug-likeness (QED) is 0.282. The Bertz CT molecular complexity index is 941. The molecule has 5 nitrogen and oxygen atoms in total. The van der Waals surface area contributed by atoms with E-state index in [1.807, 2.05) is 47.9 Å². The van der Waals surface area contributed by atoms with Gasteiger partial charge in [-0.1, -0.05) is 53.2 Å².